The van der Waals surface area contributed by atoms with E-state index in [2.05, 4.69) is 11.4 Å². The first-order chi connectivity index (χ1) is 9.94. The SMILES string of the molecule is Cc1cc(C)cc(NC(=O)CCc2ccc(Cl)cc2Cl)c1. The van der Waals surface area contributed by atoms with Gasteiger partial charge in [0, 0.05) is 22.2 Å². The van der Waals surface area contributed by atoms with E-state index in [-0.39, 0.29) is 5.91 Å². The number of hydrogen-bond acceptors (Lipinski definition) is 1. The molecule has 110 valence electrons. The Kier molecular flexibility index (Phi) is 5.27. The monoisotopic (exact) mass is 321 g/mol. The van der Waals surface area contributed by atoms with E-state index in [9.17, 15) is 4.79 Å². The number of benzene rings is 2. The summed E-state index contributed by atoms with van der Waals surface area (Å²) in [5.41, 5.74) is 4.02. The van der Waals surface area contributed by atoms with Gasteiger partial charge in [-0.3, -0.25) is 4.79 Å². The summed E-state index contributed by atoms with van der Waals surface area (Å²) in [6, 6.07) is 11.3. The number of carbonyl (C=O) groups is 1. The van der Waals surface area contributed by atoms with Crippen LogP contribution in [0.5, 0.6) is 0 Å². The first-order valence-electron chi connectivity index (χ1n) is 6.76. The lowest BCUT2D eigenvalue weighted by Crippen LogP contribution is -2.12. The molecule has 0 aromatic heterocycles. The van der Waals surface area contributed by atoms with Gasteiger partial charge < -0.3 is 5.32 Å². The van der Waals surface area contributed by atoms with Crippen LogP contribution in [0.3, 0.4) is 0 Å². The quantitative estimate of drug-likeness (QED) is 0.825. The Hall–Kier alpha value is -1.51. The van der Waals surface area contributed by atoms with Gasteiger partial charge in [0.2, 0.25) is 5.91 Å². The van der Waals surface area contributed by atoms with Crippen LogP contribution in [-0.4, -0.2) is 5.91 Å². The van der Waals surface area contributed by atoms with Crippen molar-refractivity contribution in [2.45, 2.75) is 26.7 Å². The van der Waals surface area contributed by atoms with E-state index < -0.39 is 0 Å². The minimum atomic E-state index is -0.0222. The number of nitrogens with one attached hydrogen (secondary N) is 1. The first-order valence-corrected chi connectivity index (χ1v) is 7.52. The Morgan fingerprint density at radius 1 is 1.05 bits per heavy atom. The van der Waals surface area contributed by atoms with E-state index in [0.717, 1.165) is 22.4 Å². The summed E-state index contributed by atoms with van der Waals surface area (Å²) in [6.45, 7) is 4.02. The number of rotatable bonds is 4. The maximum atomic E-state index is 12.0. The van der Waals surface area contributed by atoms with E-state index in [0.29, 0.717) is 22.9 Å². The van der Waals surface area contributed by atoms with Gasteiger partial charge in [-0.25, -0.2) is 0 Å². The smallest absolute Gasteiger partial charge is 0.224 e. The fourth-order valence-corrected chi connectivity index (χ4v) is 2.75. The standard InChI is InChI=1S/C17H17Cl2NO/c1-11-7-12(2)9-15(8-11)20-17(21)6-4-13-3-5-14(18)10-16(13)19/h3,5,7-10H,4,6H2,1-2H3,(H,20,21). The zero-order valence-corrected chi connectivity index (χ0v) is 13.6. The summed E-state index contributed by atoms with van der Waals surface area (Å²) < 4.78 is 0. The molecule has 0 aliphatic heterocycles. The lowest BCUT2D eigenvalue weighted by molar-refractivity contribution is -0.116. The second-order valence-electron chi connectivity index (χ2n) is 5.16. The predicted octanol–water partition coefficient (Wildman–Crippen LogP) is 5.18. The molecule has 0 fully saturated rings. The van der Waals surface area contributed by atoms with Crippen molar-refractivity contribution in [2.24, 2.45) is 0 Å². The van der Waals surface area contributed by atoms with Crippen LogP contribution in [0.15, 0.2) is 36.4 Å². The Balaban J connectivity index is 1.95. The highest BCUT2D eigenvalue weighted by atomic mass is 35.5. The molecule has 4 heteroatoms. The van der Waals surface area contributed by atoms with Crippen molar-refractivity contribution < 1.29 is 4.79 Å². The molecule has 0 aliphatic carbocycles. The maximum Gasteiger partial charge on any atom is 0.224 e. The van der Waals surface area contributed by atoms with Gasteiger partial charge in [-0.2, -0.15) is 0 Å². The molecule has 0 saturated carbocycles. The van der Waals surface area contributed by atoms with Crippen LogP contribution < -0.4 is 5.32 Å². The van der Waals surface area contributed by atoms with E-state index in [1.165, 1.54) is 0 Å². The molecule has 0 aliphatic rings. The van der Waals surface area contributed by atoms with Gasteiger partial charge >= 0.3 is 0 Å². The van der Waals surface area contributed by atoms with Crippen molar-refractivity contribution in [3.63, 3.8) is 0 Å². The second kappa shape index (κ2) is 6.97. The number of anilines is 1. The minimum absolute atomic E-state index is 0.0222. The topological polar surface area (TPSA) is 29.1 Å². The first kappa shape index (κ1) is 15.9. The maximum absolute atomic E-state index is 12.0. The summed E-state index contributed by atoms with van der Waals surface area (Å²) >= 11 is 12.0. The van der Waals surface area contributed by atoms with Crippen LogP contribution in [0.4, 0.5) is 5.69 Å². The Morgan fingerprint density at radius 3 is 2.33 bits per heavy atom. The summed E-state index contributed by atoms with van der Waals surface area (Å²) in [6.07, 6.45) is 0.973. The molecule has 0 spiro atoms. The average Bonchev–Trinajstić information content (AvgIpc) is 2.36. The Labute approximate surface area is 135 Å². The number of amides is 1. The predicted molar refractivity (Wildman–Crippen MR) is 89.3 cm³/mol. The van der Waals surface area contributed by atoms with Crippen molar-refractivity contribution in [2.75, 3.05) is 5.32 Å². The second-order valence-corrected chi connectivity index (χ2v) is 6.00. The van der Waals surface area contributed by atoms with Crippen molar-refractivity contribution in [1.82, 2.24) is 0 Å². The molecule has 2 nitrogen and oxygen atoms in total. The van der Waals surface area contributed by atoms with Gasteiger partial charge in [0.1, 0.15) is 0 Å². The van der Waals surface area contributed by atoms with Crippen LogP contribution in [0.25, 0.3) is 0 Å². The fraction of sp³-hybridized carbons (Fsp3) is 0.235. The molecule has 0 heterocycles. The van der Waals surface area contributed by atoms with E-state index in [1.807, 2.05) is 32.0 Å². The molecule has 2 aromatic carbocycles. The molecular formula is C17H17Cl2NO. The molecule has 1 amide bonds. The minimum Gasteiger partial charge on any atom is -0.326 e. The molecule has 0 radical (unpaired) electrons. The fourth-order valence-electron chi connectivity index (χ4n) is 2.24. The van der Waals surface area contributed by atoms with Crippen molar-refractivity contribution in [3.8, 4) is 0 Å². The number of carbonyl (C=O) groups excluding carboxylic acids is 1. The average molecular weight is 322 g/mol. The molecular weight excluding hydrogens is 305 g/mol. The summed E-state index contributed by atoms with van der Waals surface area (Å²) in [4.78, 5) is 12.0. The van der Waals surface area contributed by atoms with Crippen molar-refractivity contribution in [1.29, 1.82) is 0 Å². The van der Waals surface area contributed by atoms with Gasteiger partial charge in [0.05, 0.1) is 0 Å². The van der Waals surface area contributed by atoms with Crippen molar-refractivity contribution in [3.05, 3.63) is 63.1 Å². The van der Waals surface area contributed by atoms with Crippen LogP contribution in [0, 0.1) is 13.8 Å². The van der Waals surface area contributed by atoms with Gasteiger partial charge in [-0.1, -0.05) is 35.3 Å². The van der Waals surface area contributed by atoms with Crippen molar-refractivity contribution >= 4 is 34.8 Å². The number of hydrogen-bond donors (Lipinski definition) is 1. The zero-order valence-electron chi connectivity index (χ0n) is 12.0. The highest BCUT2D eigenvalue weighted by molar-refractivity contribution is 6.35. The highest BCUT2D eigenvalue weighted by Crippen LogP contribution is 2.22. The molecule has 0 atom stereocenters. The lowest BCUT2D eigenvalue weighted by atomic mass is 10.1. The molecule has 2 aromatic rings. The lowest BCUT2D eigenvalue weighted by Gasteiger charge is -2.08. The summed E-state index contributed by atoms with van der Waals surface area (Å²) in [5, 5.41) is 4.12. The van der Waals surface area contributed by atoms with Crippen LogP contribution >= 0.6 is 23.2 Å². The van der Waals surface area contributed by atoms with Crippen LogP contribution in [0.2, 0.25) is 10.0 Å². The number of aryl methyl sites for hydroxylation is 3. The molecule has 2 rings (SSSR count). The van der Waals surface area contributed by atoms with Crippen LogP contribution in [-0.2, 0) is 11.2 Å². The van der Waals surface area contributed by atoms with E-state index in [1.54, 1.807) is 12.1 Å². The normalized spacial score (nSPS) is 10.5. The van der Waals surface area contributed by atoms with Gasteiger partial charge in [-0.15, -0.1) is 0 Å². The van der Waals surface area contributed by atoms with E-state index in [4.69, 9.17) is 23.2 Å². The van der Waals surface area contributed by atoms with Gasteiger partial charge in [0.15, 0.2) is 0 Å². The third-order valence-electron chi connectivity index (χ3n) is 3.14. The van der Waals surface area contributed by atoms with Crippen LogP contribution in [0.1, 0.15) is 23.1 Å². The molecule has 21 heavy (non-hydrogen) atoms. The highest BCUT2D eigenvalue weighted by Gasteiger charge is 2.07. The van der Waals surface area contributed by atoms with Gasteiger partial charge in [-0.05, 0) is 61.2 Å². The molecule has 0 bridgehead atoms. The number of halogens is 2. The Bertz CT molecular complexity index is 648. The summed E-state index contributed by atoms with van der Waals surface area (Å²) in [7, 11) is 0. The van der Waals surface area contributed by atoms with Gasteiger partial charge in [0.25, 0.3) is 0 Å². The van der Waals surface area contributed by atoms with E-state index >= 15 is 0 Å². The third kappa shape index (κ3) is 4.76. The largest absolute Gasteiger partial charge is 0.326 e. The summed E-state index contributed by atoms with van der Waals surface area (Å²) in [5.74, 6) is -0.0222. The Morgan fingerprint density at radius 2 is 1.71 bits per heavy atom. The third-order valence-corrected chi connectivity index (χ3v) is 3.73. The zero-order chi connectivity index (χ0) is 15.4. The molecule has 0 saturated heterocycles. The molecule has 1 N–H and O–H groups in total. The molecule has 0 unspecified atom stereocenters.